The van der Waals surface area contributed by atoms with Crippen LogP contribution in [0.4, 0.5) is 0 Å². The smallest absolute Gasteiger partial charge is 0.320 e. The van der Waals surface area contributed by atoms with Gasteiger partial charge in [-0.25, -0.2) is 0 Å². The van der Waals surface area contributed by atoms with Crippen molar-refractivity contribution in [3.8, 4) is 0 Å². The van der Waals surface area contributed by atoms with E-state index in [2.05, 4.69) is 0 Å². The third-order valence-electron chi connectivity index (χ3n) is 1.53. The zero-order valence-electron chi connectivity index (χ0n) is 11.5. The molecule has 0 saturated carbocycles. The molecule has 0 saturated heterocycles. The van der Waals surface area contributed by atoms with Gasteiger partial charge in [0.05, 0.1) is 7.79 Å². The SMILES string of the molecule is [2H]C(CCC(N)CC(=O)O)[C@@]([2H])(C(=O)O)N([2H])[2H]. The first-order chi connectivity index (χ1) is 8.12. The summed E-state index contributed by atoms with van der Waals surface area (Å²) in [4.78, 5) is 21.2. The Labute approximate surface area is 87.6 Å². The minimum atomic E-state index is -2.72. The molecule has 2 unspecified atom stereocenters. The maximum absolute atomic E-state index is 10.8. The summed E-state index contributed by atoms with van der Waals surface area (Å²) in [5.41, 5.74) is 5.09. The summed E-state index contributed by atoms with van der Waals surface area (Å²) >= 11 is 0. The van der Waals surface area contributed by atoms with Gasteiger partial charge in [0, 0.05) is 7.41 Å². The van der Waals surface area contributed by atoms with Crippen molar-refractivity contribution >= 4 is 11.9 Å². The van der Waals surface area contributed by atoms with E-state index in [1.165, 1.54) is 0 Å². The van der Waals surface area contributed by atoms with Gasteiger partial charge in [0.2, 0.25) is 0 Å². The Kier molecular flexibility index (Phi) is 3.25. The van der Waals surface area contributed by atoms with Crippen LogP contribution in [0.25, 0.3) is 0 Å². The molecule has 0 amide bonds. The predicted molar refractivity (Wildman–Crippen MR) is 49.7 cm³/mol. The largest absolute Gasteiger partial charge is 0.481 e. The van der Waals surface area contributed by atoms with Crippen LogP contribution < -0.4 is 11.5 Å². The summed E-state index contributed by atoms with van der Waals surface area (Å²) < 4.78 is 28.7. The van der Waals surface area contributed by atoms with E-state index in [9.17, 15) is 9.59 Å². The highest BCUT2D eigenvalue weighted by molar-refractivity contribution is 5.72. The Balaban J connectivity index is 4.50. The van der Waals surface area contributed by atoms with Gasteiger partial charge >= 0.3 is 11.9 Å². The fourth-order valence-electron chi connectivity index (χ4n) is 0.848. The second-order valence-corrected chi connectivity index (χ2v) is 2.83. The third kappa shape index (κ3) is 6.38. The van der Waals surface area contributed by atoms with Gasteiger partial charge in [-0.3, -0.25) is 9.59 Å². The van der Waals surface area contributed by atoms with E-state index in [1.807, 2.05) is 0 Å². The Morgan fingerprint density at radius 3 is 2.64 bits per heavy atom. The number of carboxylic acids is 2. The number of hydrogen-bond acceptors (Lipinski definition) is 4. The van der Waals surface area contributed by atoms with Crippen molar-refractivity contribution in [3.63, 3.8) is 0 Å². The van der Waals surface area contributed by atoms with Gasteiger partial charge in [0.15, 0.2) is 0 Å². The minimum absolute atomic E-state index is 0.0300. The molecule has 0 aliphatic heterocycles. The van der Waals surface area contributed by atoms with Crippen molar-refractivity contribution in [1.29, 1.82) is 0 Å². The Morgan fingerprint density at radius 2 is 2.21 bits per heavy atom. The Morgan fingerprint density at radius 1 is 1.57 bits per heavy atom. The van der Waals surface area contributed by atoms with Crippen molar-refractivity contribution in [2.24, 2.45) is 11.5 Å². The fourth-order valence-corrected chi connectivity index (χ4v) is 0.848. The molecule has 3 atom stereocenters. The van der Waals surface area contributed by atoms with Gasteiger partial charge < -0.3 is 21.7 Å². The Bertz CT molecular complexity index is 317. The number of aliphatic carboxylic acids is 2. The third-order valence-corrected chi connectivity index (χ3v) is 1.53. The van der Waals surface area contributed by atoms with E-state index in [-0.39, 0.29) is 25.0 Å². The van der Waals surface area contributed by atoms with E-state index < -0.39 is 30.4 Å². The molecule has 0 aliphatic carbocycles. The van der Waals surface area contributed by atoms with Gasteiger partial charge in [-0.15, -0.1) is 0 Å². The number of rotatable bonds is 8. The molecule has 14 heavy (non-hydrogen) atoms. The molecular formula is C8H16N2O4. The molecule has 82 valence electrons. The summed E-state index contributed by atoms with van der Waals surface area (Å²) in [7, 11) is 0. The lowest BCUT2D eigenvalue weighted by Crippen LogP contribution is -2.31. The second kappa shape index (κ2) is 6.33. The number of carbonyl (C=O) groups is 2. The number of nitrogens with two attached hydrogens (primary N) is 2. The summed E-state index contributed by atoms with van der Waals surface area (Å²) in [5, 5.41) is 17.2. The fraction of sp³-hybridized carbons (Fsp3) is 0.750. The van der Waals surface area contributed by atoms with Crippen LogP contribution in [-0.4, -0.2) is 34.2 Å². The van der Waals surface area contributed by atoms with E-state index in [1.54, 1.807) is 0 Å². The van der Waals surface area contributed by atoms with Crippen LogP contribution >= 0.6 is 0 Å². The summed E-state index contributed by atoms with van der Waals surface area (Å²) in [6.07, 6.45) is -2.05. The van der Waals surface area contributed by atoms with Crippen LogP contribution in [0.1, 0.15) is 28.4 Å². The standard InChI is InChI=1S/C8H16N2O4/c9-5(4-7(11)12)2-1-3-6(10)8(13)14/h5-6H,1-4,9-10H2,(H,11,12)(H,13,14)/t5?,6-/m0/s1/i3D,6D/hD2/t3?,5?,6-. The number of hydrogen-bond donors (Lipinski definition) is 4. The molecule has 0 fully saturated rings. The van der Waals surface area contributed by atoms with Gasteiger partial charge in [0.25, 0.3) is 0 Å². The Hall–Kier alpha value is -1.14. The lowest BCUT2D eigenvalue weighted by molar-refractivity contribution is -0.139. The van der Waals surface area contributed by atoms with E-state index in [4.69, 9.17) is 21.5 Å². The van der Waals surface area contributed by atoms with Crippen LogP contribution in [0.3, 0.4) is 0 Å². The molecule has 0 radical (unpaired) electrons. The maximum Gasteiger partial charge on any atom is 0.320 e. The zero-order valence-corrected chi connectivity index (χ0v) is 7.51. The number of carboxylic acid groups (broad SMARTS) is 2. The van der Waals surface area contributed by atoms with E-state index in [0.717, 1.165) is 0 Å². The van der Waals surface area contributed by atoms with Gasteiger partial charge in [-0.05, 0) is 19.2 Å². The van der Waals surface area contributed by atoms with Crippen molar-refractivity contribution in [2.45, 2.75) is 37.7 Å². The average Bonchev–Trinajstić information content (AvgIpc) is 2.22. The summed E-state index contributed by atoms with van der Waals surface area (Å²) in [6.45, 7) is 0. The normalized spacial score (nSPS) is 23.6. The van der Waals surface area contributed by atoms with Gasteiger partial charge in [-0.1, -0.05) is 0 Å². The second-order valence-electron chi connectivity index (χ2n) is 2.83. The minimum Gasteiger partial charge on any atom is -0.481 e. The van der Waals surface area contributed by atoms with Crippen LogP contribution in [0.2, 0.25) is 2.82 Å². The maximum atomic E-state index is 10.8. The van der Waals surface area contributed by atoms with Crippen molar-refractivity contribution in [2.75, 3.05) is 0 Å². The summed E-state index contributed by atoms with van der Waals surface area (Å²) in [5.74, 6) is -2.89. The molecule has 0 heterocycles. The molecule has 6 nitrogen and oxygen atoms in total. The monoisotopic (exact) mass is 208 g/mol. The highest BCUT2D eigenvalue weighted by Gasteiger charge is 2.12. The quantitative estimate of drug-likeness (QED) is 0.420. The van der Waals surface area contributed by atoms with Crippen molar-refractivity contribution < 1.29 is 25.4 Å². The molecule has 6 heteroatoms. The highest BCUT2D eigenvalue weighted by Crippen LogP contribution is 2.04. The van der Waals surface area contributed by atoms with Crippen LogP contribution in [0.15, 0.2) is 0 Å². The van der Waals surface area contributed by atoms with Crippen LogP contribution in [0, 0.1) is 0 Å². The first-order valence-corrected chi connectivity index (χ1v) is 4.03. The van der Waals surface area contributed by atoms with Gasteiger partial charge in [0.1, 0.15) is 8.84 Å². The lowest BCUT2D eigenvalue weighted by atomic mass is 10.0. The first-order valence-electron chi connectivity index (χ1n) is 6.00. The first kappa shape index (κ1) is 7.19. The molecule has 0 aliphatic rings. The van der Waals surface area contributed by atoms with E-state index >= 15 is 0 Å². The van der Waals surface area contributed by atoms with E-state index in [0.29, 0.717) is 0 Å². The van der Waals surface area contributed by atoms with Crippen molar-refractivity contribution in [1.82, 2.24) is 0 Å². The topological polar surface area (TPSA) is 127 Å². The molecule has 0 aromatic heterocycles. The zero-order chi connectivity index (χ0) is 14.5. The molecule has 0 spiro atoms. The molecule has 0 aromatic rings. The molecule has 6 N–H and O–H groups in total. The lowest BCUT2D eigenvalue weighted by Gasteiger charge is -2.09. The molecule has 0 rings (SSSR count). The van der Waals surface area contributed by atoms with Crippen LogP contribution in [0.5, 0.6) is 0 Å². The van der Waals surface area contributed by atoms with Gasteiger partial charge in [-0.2, -0.15) is 0 Å². The molecule has 0 aromatic carbocycles. The van der Waals surface area contributed by atoms with Crippen LogP contribution in [-0.2, 0) is 9.59 Å². The summed E-state index contributed by atoms with van der Waals surface area (Å²) in [6, 6.07) is -3.47. The highest BCUT2D eigenvalue weighted by atomic mass is 16.4. The molecular weight excluding hydrogens is 188 g/mol. The van der Waals surface area contributed by atoms with Crippen molar-refractivity contribution in [3.05, 3.63) is 0 Å². The predicted octanol–water partition coefficient (Wildman–Crippen LogP) is -0.629. The molecule has 0 bridgehead atoms. The average molecular weight is 208 g/mol.